The Hall–Kier alpha value is -2.17. The first-order valence-electron chi connectivity index (χ1n) is 8.86. The normalized spacial score (nSPS) is 18.1. The van der Waals surface area contributed by atoms with E-state index in [2.05, 4.69) is 34.5 Å². The van der Waals surface area contributed by atoms with E-state index in [0.717, 1.165) is 36.3 Å². The number of morpholine rings is 1. The van der Waals surface area contributed by atoms with Crippen LogP contribution < -0.4 is 5.32 Å². The van der Waals surface area contributed by atoms with Crippen LogP contribution in [0.4, 0.5) is 0 Å². The second-order valence-electron chi connectivity index (χ2n) is 6.67. The highest BCUT2D eigenvalue weighted by Gasteiger charge is 2.21. The Morgan fingerprint density at radius 3 is 2.76 bits per heavy atom. The van der Waals surface area contributed by atoms with Crippen molar-refractivity contribution in [2.75, 3.05) is 26.2 Å². The molecular formula is C21H26N2O2. The lowest BCUT2D eigenvalue weighted by Crippen LogP contribution is -2.47. The number of hydrogen-bond acceptors (Lipinski definition) is 3. The van der Waals surface area contributed by atoms with Gasteiger partial charge in [-0.2, -0.15) is 0 Å². The smallest absolute Gasteiger partial charge is 0.251 e. The molecule has 3 rings (SSSR count). The monoisotopic (exact) mass is 338 g/mol. The van der Waals surface area contributed by atoms with Crippen molar-refractivity contribution >= 4 is 5.91 Å². The summed E-state index contributed by atoms with van der Waals surface area (Å²) < 4.78 is 5.83. The van der Waals surface area contributed by atoms with Crippen LogP contribution in [0.15, 0.2) is 48.5 Å². The number of benzene rings is 2. The van der Waals surface area contributed by atoms with E-state index in [1.807, 2.05) is 38.1 Å². The minimum Gasteiger partial charge on any atom is -0.374 e. The zero-order valence-corrected chi connectivity index (χ0v) is 15.0. The molecule has 0 unspecified atom stereocenters. The van der Waals surface area contributed by atoms with Gasteiger partial charge in [-0.15, -0.1) is 0 Å². The van der Waals surface area contributed by atoms with Gasteiger partial charge in [-0.3, -0.25) is 9.69 Å². The fourth-order valence-electron chi connectivity index (χ4n) is 3.19. The molecule has 0 saturated carbocycles. The van der Waals surface area contributed by atoms with Gasteiger partial charge >= 0.3 is 0 Å². The minimum absolute atomic E-state index is 0.0232. The Balaban J connectivity index is 1.52. The summed E-state index contributed by atoms with van der Waals surface area (Å²) in [5, 5.41) is 3.03. The third-order valence-corrected chi connectivity index (χ3v) is 4.81. The molecule has 1 heterocycles. The van der Waals surface area contributed by atoms with Gasteiger partial charge in [0.2, 0.25) is 0 Å². The van der Waals surface area contributed by atoms with Crippen molar-refractivity contribution in [2.24, 2.45) is 0 Å². The largest absolute Gasteiger partial charge is 0.374 e. The molecule has 1 saturated heterocycles. The Kier molecular flexibility index (Phi) is 5.84. The van der Waals surface area contributed by atoms with Crippen LogP contribution in [0.25, 0.3) is 0 Å². The number of nitrogens with zero attached hydrogens (tertiary/aromatic N) is 1. The molecule has 0 aliphatic carbocycles. The van der Waals surface area contributed by atoms with Gasteiger partial charge in [0.25, 0.3) is 5.91 Å². The van der Waals surface area contributed by atoms with Crippen LogP contribution in [0.3, 0.4) is 0 Å². The maximum Gasteiger partial charge on any atom is 0.251 e. The van der Waals surface area contributed by atoms with E-state index in [0.29, 0.717) is 13.2 Å². The summed E-state index contributed by atoms with van der Waals surface area (Å²) in [6.07, 6.45) is 0.0338. The number of carbonyl (C=O) groups is 1. The maximum atomic E-state index is 12.5. The van der Waals surface area contributed by atoms with Crippen molar-refractivity contribution in [2.45, 2.75) is 26.5 Å². The molecule has 2 aromatic carbocycles. The van der Waals surface area contributed by atoms with Crippen molar-refractivity contribution in [1.82, 2.24) is 10.2 Å². The summed E-state index contributed by atoms with van der Waals surface area (Å²) >= 11 is 0. The average Bonchev–Trinajstić information content (AvgIpc) is 2.63. The predicted octanol–water partition coefficient (Wildman–Crippen LogP) is 2.93. The second-order valence-corrected chi connectivity index (χ2v) is 6.67. The van der Waals surface area contributed by atoms with Crippen molar-refractivity contribution < 1.29 is 9.53 Å². The van der Waals surface area contributed by atoms with Gasteiger partial charge in [-0.1, -0.05) is 42.5 Å². The number of carbonyl (C=O) groups excluding carboxylic acids is 1. The number of aryl methyl sites for hydroxylation is 1. The molecule has 1 amide bonds. The predicted molar refractivity (Wildman–Crippen MR) is 99.7 cm³/mol. The number of ether oxygens (including phenoxy) is 1. The quantitative estimate of drug-likeness (QED) is 0.911. The first kappa shape index (κ1) is 17.6. The summed E-state index contributed by atoms with van der Waals surface area (Å²) in [6, 6.07) is 16.3. The summed E-state index contributed by atoms with van der Waals surface area (Å²) in [5.41, 5.74) is 4.23. The van der Waals surface area contributed by atoms with Crippen LogP contribution in [0.2, 0.25) is 0 Å². The van der Waals surface area contributed by atoms with Crippen molar-refractivity contribution in [1.29, 1.82) is 0 Å². The highest BCUT2D eigenvalue weighted by molar-refractivity contribution is 5.95. The summed E-state index contributed by atoms with van der Waals surface area (Å²) in [7, 11) is 0. The molecule has 2 aromatic rings. The fourth-order valence-corrected chi connectivity index (χ4v) is 3.19. The van der Waals surface area contributed by atoms with Gasteiger partial charge in [0.05, 0.1) is 12.7 Å². The third kappa shape index (κ3) is 4.68. The molecule has 1 N–H and O–H groups in total. The van der Waals surface area contributed by atoms with Crippen LogP contribution in [0.5, 0.6) is 0 Å². The van der Waals surface area contributed by atoms with E-state index in [9.17, 15) is 4.79 Å². The maximum absolute atomic E-state index is 12.5. The summed E-state index contributed by atoms with van der Waals surface area (Å²) in [6.45, 7) is 7.94. The van der Waals surface area contributed by atoms with Crippen LogP contribution in [0.1, 0.15) is 27.0 Å². The zero-order valence-electron chi connectivity index (χ0n) is 15.0. The molecule has 0 aromatic heterocycles. The van der Waals surface area contributed by atoms with Crippen LogP contribution in [-0.4, -0.2) is 43.2 Å². The van der Waals surface area contributed by atoms with E-state index >= 15 is 0 Å². The average molecular weight is 338 g/mol. The molecule has 1 aliphatic heterocycles. The molecule has 132 valence electrons. The van der Waals surface area contributed by atoms with E-state index in [4.69, 9.17) is 4.74 Å². The molecular weight excluding hydrogens is 312 g/mol. The molecule has 0 spiro atoms. The lowest BCUT2D eigenvalue weighted by molar-refractivity contribution is -0.0292. The SMILES string of the molecule is Cc1cccc(C(=O)NC[C@H]2CN(Cc3ccccc3)CCO2)c1C. The fraction of sp³-hybridized carbons (Fsp3) is 0.381. The van der Waals surface area contributed by atoms with Crippen LogP contribution >= 0.6 is 0 Å². The lowest BCUT2D eigenvalue weighted by atomic mass is 10.0. The molecule has 1 atom stereocenters. The van der Waals surface area contributed by atoms with Gasteiger partial charge in [-0.25, -0.2) is 0 Å². The lowest BCUT2D eigenvalue weighted by Gasteiger charge is -2.33. The molecule has 0 radical (unpaired) electrons. The molecule has 4 nitrogen and oxygen atoms in total. The van der Waals surface area contributed by atoms with E-state index < -0.39 is 0 Å². The first-order valence-corrected chi connectivity index (χ1v) is 8.86. The molecule has 4 heteroatoms. The van der Waals surface area contributed by atoms with E-state index in [-0.39, 0.29) is 12.0 Å². The standard InChI is InChI=1S/C21H26N2O2/c1-16-7-6-10-20(17(16)2)21(24)22-13-19-15-23(11-12-25-19)14-18-8-4-3-5-9-18/h3-10,19H,11-15H2,1-2H3,(H,22,24)/t19-/m0/s1. The number of rotatable bonds is 5. The topological polar surface area (TPSA) is 41.6 Å². The Labute approximate surface area is 149 Å². The van der Waals surface area contributed by atoms with Crippen molar-refractivity contribution in [3.63, 3.8) is 0 Å². The third-order valence-electron chi connectivity index (χ3n) is 4.81. The Morgan fingerprint density at radius 2 is 1.96 bits per heavy atom. The van der Waals surface area contributed by atoms with Crippen LogP contribution in [0, 0.1) is 13.8 Å². The van der Waals surface area contributed by atoms with Gasteiger partial charge < -0.3 is 10.1 Å². The molecule has 1 fully saturated rings. The summed E-state index contributed by atoms with van der Waals surface area (Å²) in [5.74, 6) is -0.0232. The second kappa shape index (κ2) is 8.28. The minimum atomic E-state index is -0.0232. The number of hydrogen-bond donors (Lipinski definition) is 1. The number of amides is 1. The first-order chi connectivity index (χ1) is 12.1. The Morgan fingerprint density at radius 1 is 1.16 bits per heavy atom. The van der Waals surface area contributed by atoms with E-state index in [1.54, 1.807) is 0 Å². The number of nitrogens with one attached hydrogen (secondary N) is 1. The van der Waals surface area contributed by atoms with Crippen molar-refractivity contribution in [3.8, 4) is 0 Å². The van der Waals surface area contributed by atoms with Crippen LogP contribution in [-0.2, 0) is 11.3 Å². The molecule has 1 aliphatic rings. The Bertz CT molecular complexity index is 715. The van der Waals surface area contributed by atoms with Gasteiger partial charge in [0.15, 0.2) is 0 Å². The zero-order chi connectivity index (χ0) is 17.6. The van der Waals surface area contributed by atoms with Crippen molar-refractivity contribution in [3.05, 3.63) is 70.8 Å². The van der Waals surface area contributed by atoms with Gasteiger partial charge in [0.1, 0.15) is 0 Å². The van der Waals surface area contributed by atoms with E-state index in [1.165, 1.54) is 5.56 Å². The van der Waals surface area contributed by atoms with Gasteiger partial charge in [0, 0.05) is 31.7 Å². The molecule has 25 heavy (non-hydrogen) atoms. The highest BCUT2D eigenvalue weighted by Crippen LogP contribution is 2.13. The van der Waals surface area contributed by atoms with Gasteiger partial charge in [-0.05, 0) is 36.6 Å². The molecule has 0 bridgehead atoms. The highest BCUT2D eigenvalue weighted by atomic mass is 16.5. The summed E-state index contributed by atoms with van der Waals surface area (Å²) in [4.78, 5) is 14.8.